The molecule has 1 N–H and O–H groups in total. The van der Waals surface area contributed by atoms with Gasteiger partial charge in [-0.25, -0.2) is 8.78 Å². The van der Waals surface area contributed by atoms with Crippen LogP contribution < -0.4 is 5.32 Å². The molecule has 0 aliphatic heterocycles. The van der Waals surface area contributed by atoms with E-state index in [2.05, 4.69) is 12.2 Å². The topological polar surface area (TPSA) is 12.0 Å². The lowest BCUT2D eigenvalue weighted by molar-refractivity contribution is 0.577. The van der Waals surface area contributed by atoms with Gasteiger partial charge in [-0.05, 0) is 42.3 Å². The molecule has 0 spiro atoms. The number of rotatable bonds is 4. The first kappa shape index (κ1) is 13.7. The van der Waals surface area contributed by atoms with Gasteiger partial charge in [0, 0.05) is 12.1 Å². The molecule has 100 valence electrons. The molecule has 0 saturated heterocycles. The molecule has 0 saturated carbocycles. The predicted octanol–water partition coefficient (Wildman–Crippen LogP) is 4.30. The van der Waals surface area contributed by atoms with Crippen molar-refractivity contribution >= 4 is 0 Å². The average Bonchev–Trinajstić information content (AvgIpc) is 2.40. The van der Waals surface area contributed by atoms with Crippen LogP contribution >= 0.6 is 0 Å². The molecule has 0 radical (unpaired) electrons. The number of hydrogen-bond acceptors (Lipinski definition) is 1. The summed E-state index contributed by atoms with van der Waals surface area (Å²) in [6.07, 6.45) is 0.991. The molecule has 0 heterocycles. The van der Waals surface area contributed by atoms with Crippen molar-refractivity contribution in [1.29, 1.82) is 0 Å². The van der Waals surface area contributed by atoms with Crippen LogP contribution in [0.3, 0.4) is 0 Å². The quantitative estimate of drug-likeness (QED) is 0.865. The molecule has 1 atom stereocenters. The number of nitrogens with one attached hydrogen (secondary N) is 1. The highest BCUT2D eigenvalue weighted by atomic mass is 19.1. The molecule has 0 amide bonds. The Morgan fingerprint density at radius 1 is 0.947 bits per heavy atom. The Morgan fingerprint density at radius 3 is 2.00 bits per heavy atom. The highest BCUT2D eigenvalue weighted by molar-refractivity contribution is 5.63. The molecular weight excluding hydrogens is 244 g/mol. The minimum absolute atomic E-state index is 0.304. The van der Waals surface area contributed by atoms with Crippen LogP contribution in [0.1, 0.15) is 24.9 Å². The first-order valence-electron chi connectivity index (χ1n) is 6.37. The molecule has 3 heteroatoms. The molecule has 2 aromatic carbocycles. The third-order valence-corrected chi connectivity index (χ3v) is 3.27. The first-order chi connectivity index (χ1) is 9.13. The summed E-state index contributed by atoms with van der Waals surface area (Å²) in [5.74, 6) is -1.11. The fraction of sp³-hybridized carbons (Fsp3) is 0.250. The van der Waals surface area contributed by atoms with Gasteiger partial charge in [0.2, 0.25) is 0 Å². The second-order valence-electron chi connectivity index (χ2n) is 4.53. The molecule has 19 heavy (non-hydrogen) atoms. The van der Waals surface area contributed by atoms with Crippen molar-refractivity contribution in [3.8, 4) is 11.1 Å². The minimum atomic E-state index is -0.555. The van der Waals surface area contributed by atoms with E-state index in [-0.39, 0.29) is 0 Å². The van der Waals surface area contributed by atoms with Crippen molar-refractivity contribution in [1.82, 2.24) is 5.32 Å². The van der Waals surface area contributed by atoms with Crippen molar-refractivity contribution in [2.75, 3.05) is 7.05 Å². The van der Waals surface area contributed by atoms with E-state index in [1.165, 1.54) is 17.7 Å². The Morgan fingerprint density at radius 2 is 1.53 bits per heavy atom. The molecule has 0 fully saturated rings. The van der Waals surface area contributed by atoms with Gasteiger partial charge in [-0.1, -0.05) is 31.2 Å². The minimum Gasteiger partial charge on any atom is -0.313 e. The van der Waals surface area contributed by atoms with E-state index in [1.54, 1.807) is 0 Å². The van der Waals surface area contributed by atoms with Crippen LogP contribution in [0.4, 0.5) is 8.78 Å². The summed E-state index contributed by atoms with van der Waals surface area (Å²) in [4.78, 5) is 0. The van der Waals surface area contributed by atoms with E-state index in [9.17, 15) is 8.78 Å². The van der Waals surface area contributed by atoms with E-state index in [4.69, 9.17) is 0 Å². The highest BCUT2D eigenvalue weighted by Crippen LogP contribution is 2.24. The van der Waals surface area contributed by atoms with Crippen LogP contribution in [0.5, 0.6) is 0 Å². The third-order valence-electron chi connectivity index (χ3n) is 3.27. The van der Waals surface area contributed by atoms with Crippen LogP contribution in [-0.2, 0) is 0 Å². The van der Waals surface area contributed by atoms with Gasteiger partial charge in [0.25, 0.3) is 0 Å². The fourth-order valence-electron chi connectivity index (χ4n) is 2.23. The summed E-state index contributed by atoms with van der Waals surface area (Å²) in [6.45, 7) is 2.11. The molecular formula is C16H17F2N. The summed E-state index contributed by atoms with van der Waals surface area (Å²) >= 11 is 0. The van der Waals surface area contributed by atoms with Crippen molar-refractivity contribution in [3.05, 3.63) is 59.7 Å². The molecule has 2 aromatic rings. The van der Waals surface area contributed by atoms with E-state index < -0.39 is 11.6 Å². The third kappa shape index (κ3) is 3.18. The Bertz CT molecular complexity index is 525. The maximum atomic E-state index is 13.2. The molecule has 1 unspecified atom stereocenters. The van der Waals surface area contributed by atoms with E-state index in [1.807, 2.05) is 31.3 Å². The van der Waals surface area contributed by atoms with Gasteiger partial charge in [0.05, 0.1) is 0 Å². The Balaban J connectivity index is 2.32. The molecule has 1 nitrogen and oxygen atoms in total. The summed E-state index contributed by atoms with van der Waals surface area (Å²) in [5, 5.41) is 3.23. The van der Waals surface area contributed by atoms with Crippen LogP contribution in [0.25, 0.3) is 11.1 Å². The maximum absolute atomic E-state index is 13.2. The zero-order valence-corrected chi connectivity index (χ0v) is 11.1. The smallest absolute Gasteiger partial charge is 0.126 e. The summed E-state index contributed by atoms with van der Waals surface area (Å²) in [5.41, 5.74) is 2.54. The number of hydrogen-bond donors (Lipinski definition) is 1. The van der Waals surface area contributed by atoms with Gasteiger partial charge in [0.1, 0.15) is 11.6 Å². The lowest BCUT2D eigenvalue weighted by atomic mass is 9.99. The lowest BCUT2D eigenvalue weighted by Gasteiger charge is -2.14. The zero-order chi connectivity index (χ0) is 13.8. The molecule has 0 aromatic heterocycles. The van der Waals surface area contributed by atoms with Crippen LogP contribution in [0.2, 0.25) is 0 Å². The maximum Gasteiger partial charge on any atom is 0.126 e. The lowest BCUT2D eigenvalue weighted by Crippen LogP contribution is -2.14. The van der Waals surface area contributed by atoms with Gasteiger partial charge in [0.15, 0.2) is 0 Å². The first-order valence-corrected chi connectivity index (χ1v) is 6.37. The van der Waals surface area contributed by atoms with Gasteiger partial charge in [-0.2, -0.15) is 0 Å². The summed E-state index contributed by atoms with van der Waals surface area (Å²) in [7, 11) is 1.92. The number of benzene rings is 2. The fourth-order valence-corrected chi connectivity index (χ4v) is 2.23. The zero-order valence-electron chi connectivity index (χ0n) is 11.1. The summed E-state index contributed by atoms with van der Waals surface area (Å²) in [6, 6.07) is 11.6. The largest absolute Gasteiger partial charge is 0.313 e. The molecule has 0 aliphatic carbocycles. The number of halogens is 2. The normalized spacial score (nSPS) is 12.4. The highest BCUT2D eigenvalue weighted by Gasteiger charge is 2.07. The summed E-state index contributed by atoms with van der Waals surface area (Å²) < 4.78 is 26.4. The Kier molecular flexibility index (Phi) is 4.27. The van der Waals surface area contributed by atoms with Crippen LogP contribution in [-0.4, -0.2) is 7.05 Å². The van der Waals surface area contributed by atoms with Gasteiger partial charge >= 0.3 is 0 Å². The van der Waals surface area contributed by atoms with Crippen molar-refractivity contribution < 1.29 is 8.78 Å². The van der Waals surface area contributed by atoms with Gasteiger partial charge < -0.3 is 5.32 Å². The molecule has 0 aliphatic rings. The van der Waals surface area contributed by atoms with Gasteiger partial charge in [-0.15, -0.1) is 0 Å². The molecule has 0 bridgehead atoms. The standard InChI is InChI=1S/C16H17F2N/c1-3-16(19-2)12-6-4-11(5-7-12)13-8-14(17)10-15(18)9-13/h4-10,16,19H,3H2,1-2H3. The molecule has 2 rings (SSSR count). The van der Waals surface area contributed by atoms with E-state index in [0.29, 0.717) is 11.6 Å². The van der Waals surface area contributed by atoms with Crippen molar-refractivity contribution in [3.63, 3.8) is 0 Å². The van der Waals surface area contributed by atoms with Gasteiger partial charge in [-0.3, -0.25) is 0 Å². The predicted molar refractivity (Wildman–Crippen MR) is 73.9 cm³/mol. The van der Waals surface area contributed by atoms with Crippen LogP contribution in [0, 0.1) is 11.6 Å². The Labute approximate surface area is 112 Å². The second-order valence-corrected chi connectivity index (χ2v) is 4.53. The SMILES string of the molecule is CCC(NC)c1ccc(-c2cc(F)cc(F)c2)cc1. The van der Waals surface area contributed by atoms with Crippen molar-refractivity contribution in [2.45, 2.75) is 19.4 Å². The Hall–Kier alpha value is -1.74. The average molecular weight is 261 g/mol. The van der Waals surface area contributed by atoms with E-state index in [0.717, 1.165) is 18.1 Å². The van der Waals surface area contributed by atoms with E-state index >= 15 is 0 Å². The monoisotopic (exact) mass is 261 g/mol. The van der Waals surface area contributed by atoms with Crippen molar-refractivity contribution in [2.24, 2.45) is 0 Å². The van der Waals surface area contributed by atoms with Crippen LogP contribution in [0.15, 0.2) is 42.5 Å². The second kappa shape index (κ2) is 5.93.